The quantitative estimate of drug-likeness (QED) is 0.801. The summed E-state index contributed by atoms with van der Waals surface area (Å²) in [5, 5.41) is 1.77. The van der Waals surface area contributed by atoms with Crippen molar-refractivity contribution < 1.29 is 8.42 Å². The smallest absolute Gasteiger partial charge is 0.283 e. The third-order valence-electron chi connectivity index (χ3n) is 3.21. The number of benzene rings is 1. The molecule has 0 radical (unpaired) electrons. The molecule has 2 N–H and O–H groups in total. The molecule has 3 aromatic rings. The monoisotopic (exact) mass is 322 g/mol. The summed E-state index contributed by atoms with van der Waals surface area (Å²) < 4.78 is 28.4. The van der Waals surface area contributed by atoms with Crippen LogP contribution in [-0.4, -0.2) is 24.9 Å². The minimum atomic E-state index is -3.78. The van der Waals surface area contributed by atoms with E-state index in [1.54, 1.807) is 23.7 Å². The summed E-state index contributed by atoms with van der Waals surface area (Å²) in [5.41, 5.74) is 7.36. The number of imidazole rings is 1. The van der Waals surface area contributed by atoms with Gasteiger partial charge in [0, 0.05) is 18.6 Å². The summed E-state index contributed by atoms with van der Waals surface area (Å²) in [5.74, 6) is 0.0151. The summed E-state index contributed by atoms with van der Waals surface area (Å²) in [7, 11) is -2.27. The third-order valence-corrected chi connectivity index (χ3v) is 5.80. The number of nitrogens with zero attached hydrogens (tertiary/aromatic N) is 3. The van der Waals surface area contributed by atoms with Crippen molar-refractivity contribution in [3.63, 3.8) is 0 Å². The number of nitrogen functional groups attached to an aromatic ring is 1. The van der Waals surface area contributed by atoms with Crippen LogP contribution < -0.4 is 10.0 Å². The highest BCUT2D eigenvalue weighted by atomic mass is 32.2. The molecule has 110 valence electrons. The zero-order valence-electron chi connectivity index (χ0n) is 11.5. The summed E-state index contributed by atoms with van der Waals surface area (Å²) >= 11 is 1.34. The van der Waals surface area contributed by atoms with Crippen molar-refractivity contribution in [2.24, 2.45) is 0 Å². The largest absolute Gasteiger partial charge is 0.381 e. The number of sulfonamides is 1. The first kappa shape index (κ1) is 13.9. The van der Waals surface area contributed by atoms with Crippen LogP contribution in [0.15, 0.2) is 40.9 Å². The molecule has 6 nitrogen and oxygen atoms in total. The number of hydrogen-bond acceptors (Lipinski definition) is 5. The van der Waals surface area contributed by atoms with Gasteiger partial charge in [-0.05, 0) is 24.6 Å². The average Bonchev–Trinajstić information content (AvgIpc) is 2.97. The Morgan fingerprint density at radius 1 is 1.38 bits per heavy atom. The van der Waals surface area contributed by atoms with Gasteiger partial charge in [0.25, 0.3) is 10.0 Å². The number of fused-ring (bicyclic) bond motifs is 1. The first-order valence-electron chi connectivity index (χ1n) is 6.18. The first-order valence-corrected chi connectivity index (χ1v) is 8.50. The van der Waals surface area contributed by atoms with Crippen molar-refractivity contribution in [3.8, 4) is 0 Å². The van der Waals surface area contributed by atoms with Gasteiger partial charge in [0.1, 0.15) is 0 Å². The molecule has 0 amide bonds. The Bertz CT molecular complexity index is 911. The highest BCUT2D eigenvalue weighted by Gasteiger charge is 2.29. The van der Waals surface area contributed by atoms with Gasteiger partial charge in [-0.25, -0.2) is 4.98 Å². The lowest BCUT2D eigenvalue weighted by molar-refractivity contribution is 0.590. The molecule has 0 fully saturated rings. The molecule has 0 aliphatic heterocycles. The van der Waals surface area contributed by atoms with E-state index in [-0.39, 0.29) is 10.8 Å². The van der Waals surface area contributed by atoms with E-state index in [0.29, 0.717) is 10.6 Å². The molecule has 0 aliphatic rings. The Labute approximate surface area is 126 Å². The van der Waals surface area contributed by atoms with Crippen molar-refractivity contribution >= 4 is 37.8 Å². The Morgan fingerprint density at radius 3 is 2.86 bits per heavy atom. The maximum Gasteiger partial charge on any atom is 0.283 e. The number of aryl methyl sites for hydroxylation is 1. The maximum atomic E-state index is 12.8. The van der Waals surface area contributed by atoms with Gasteiger partial charge in [-0.2, -0.15) is 8.42 Å². The van der Waals surface area contributed by atoms with Crippen molar-refractivity contribution in [1.29, 1.82) is 0 Å². The van der Waals surface area contributed by atoms with E-state index < -0.39 is 10.0 Å². The van der Waals surface area contributed by atoms with E-state index in [1.807, 2.05) is 19.1 Å². The van der Waals surface area contributed by atoms with Crippen LogP contribution in [0.5, 0.6) is 0 Å². The van der Waals surface area contributed by atoms with Crippen LogP contribution in [-0.2, 0) is 10.0 Å². The van der Waals surface area contributed by atoms with Gasteiger partial charge in [-0.1, -0.05) is 12.1 Å². The lowest BCUT2D eigenvalue weighted by Crippen LogP contribution is -2.28. The number of thiazole rings is 1. The van der Waals surface area contributed by atoms with Gasteiger partial charge in [-0.15, -0.1) is 11.3 Å². The molecular formula is C13H14N4O2S2. The van der Waals surface area contributed by atoms with Crippen LogP contribution >= 0.6 is 11.3 Å². The number of rotatable bonds is 3. The molecule has 3 rings (SSSR count). The lowest BCUT2D eigenvalue weighted by atomic mass is 10.2. The van der Waals surface area contributed by atoms with E-state index in [2.05, 4.69) is 4.98 Å². The van der Waals surface area contributed by atoms with Crippen LogP contribution in [0.2, 0.25) is 0 Å². The molecule has 1 aromatic carbocycles. The fraction of sp³-hybridized carbons (Fsp3) is 0.154. The Morgan fingerprint density at radius 2 is 2.14 bits per heavy atom. The summed E-state index contributed by atoms with van der Waals surface area (Å²) in [6.45, 7) is 1.91. The normalized spacial score (nSPS) is 11.9. The van der Waals surface area contributed by atoms with Crippen LogP contribution in [0.25, 0.3) is 4.96 Å². The second-order valence-electron chi connectivity index (χ2n) is 4.67. The minimum absolute atomic E-state index is 0.00255. The minimum Gasteiger partial charge on any atom is -0.381 e. The van der Waals surface area contributed by atoms with Crippen molar-refractivity contribution in [2.45, 2.75) is 11.9 Å². The second-order valence-corrected chi connectivity index (χ2v) is 7.43. The molecular weight excluding hydrogens is 308 g/mol. The standard InChI is InChI=1S/C13H14N4O2S2/c1-9-4-3-5-10(8-9)16(2)21(18,19)12-11(14)15-13-17(12)6-7-20-13/h3-8H,14H2,1-2H3. The zero-order chi connectivity index (χ0) is 15.2. The van der Waals surface area contributed by atoms with Gasteiger partial charge in [0.05, 0.1) is 5.69 Å². The van der Waals surface area contributed by atoms with Crippen molar-refractivity contribution in [1.82, 2.24) is 9.38 Å². The lowest BCUT2D eigenvalue weighted by Gasteiger charge is -2.19. The third kappa shape index (κ3) is 2.16. The zero-order valence-corrected chi connectivity index (χ0v) is 13.1. The highest BCUT2D eigenvalue weighted by molar-refractivity contribution is 7.92. The SMILES string of the molecule is Cc1cccc(N(C)S(=O)(=O)c2c(N)nc3sccn23)c1. The number of nitrogens with two attached hydrogens (primary N) is 1. The Kier molecular flexibility index (Phi) is 3.14. The predicted octanol–water partition coefficient (Wildman–Crippen LogP) is 2.11. The molecule has 0 aliphatic carbocycles. The molecule has 0 saturated heterocycles. The predicted molar refractivity (Wildman–Crippen MR) is 84.2 cm³/mol. The van der Waals surface area contributed by atoms with E-state index in [9.17, 15) is 8.42 Å². The molecule has 0 saturated carbocycles. The molecule has 0 atom stereocenters. The van der Waals surface area contributed by atoms with E-state index in [1.165, 1.54) is 27.1 Å². The van der Waals surface area contributed by atoms with Gasteiger partial charge in [0.2, 0.25) is 5.03 Å². The maximum absolute atomic E-state index is 12.8. The van der Waals surface area contributed by atoms with Crippen LogP contribution in [0.3, 0.4) is 0 Å². The molecule has 0 spiro atoms. The molecule has 0 bridgehead atoms. The molecule has 21 heavy (non-hydrogen) atoms. The van der Waals surface area contributed by atoms with Crippen molar-refractivity contribution in [3.05, 3.63) is 41.4 Å². The summed E-state index contributed by atoms with van der Waals surface area (Å²) in [6, 6.07) is 7.27. The number of hydrogen-bond donors (Lipinski definition) is 1. The first-order chi connectivity index (χ1) is 9.91. The topological polar surface area (TPSA) is 80.7 Å². The van der Waals surface area contributed by atoms with Crippen LogP contribution in [0, 0.1) is 6.92 Å². The van der Waals surface area contributed by atoms with E-state index in [0.717, 1.165) is 5.56 Å². The Balaban J connectivity index is 2.16. The number of aromatic nitrogens is 2. The summed E-state index contributed by atoms with van der Waals surface area (Å²) in [6.07, 6.45) is 1.65. The molecule has 0 unspecified atom stereocenters. The van der Waals surface area contributed by atoms with Gasteiger partial charge < -0.3 is 5.73 Å². The Hall–Kier alpha value is -2.06. The van der Waals surface area contributed by atoms with E-state index in [4.69, 9.17) is 5.73 Å². The fourth-order valence-electron chi connectivity index (χ4n) is 2.13. The highest BCUT2D eigenvalue weighted by Crippen LogP contribution is 2.28. The summed E-state index contributed by atoms with van der Waals surface area (Å²) in [4.78, 5) is 4.65. The molecule has 8 heteroatoms. The number of anilines is 2. The fourth-order valence-corrected chi connectivity index (χ4v) is 4.27. The van der Waals surface area contributed by atoms with Gasteiger partial charge in [-0.3, -0.25) is 8.71 Å². The van der Waals surface area contributed by atoms with Crippen molar-refractivity contribution in [2.75, 3.05) is 17.1 Å². The van der Waals surface area contributed by atoms with Crippen LogP contribution in [0.1, 0.15) is 5.56 Å². The van der Waals surface area contributed by atoms with Crippen LogP contribution in [0.4, 0.5) is 11.5 Å². The average molecular weight is 322 g/mol. The molecule has 2 aromatic heterocycles. The van der Waals surface area contributed by atoms with E-state index >= 15 is 0 Å². The van der Waals surface area contributed by atoms with Gasteiger partial charge >= 0.3 is 0 Å². The molecule has 2 heterocycles. The second kappa shape index (κ2) is 4.74. The van der Waals surface area contributed by atoms with Gasteiger partial charge in [0.15, 0.2) is 10.8 Å².